The molecule has 0 aromatic rings. The third kappa shape index (κ3) is 1.32. The zero-order valence-corrected chi connectivity index (χ0v) is 7.08. The molecular formula is C8H14N2O2. The van der Waals surface area contributed by atoms with Crippen molar-refractivity contribution in [3.05, 3.63) is 0 Å². The highest BCUT2D eigenvalue weighted by Crippen LogP contribution is 2.23. The summed E-state index contributed by atoms with van der Waals surface area (Å²) in [6.45, 7) is 4.07. The van der Waals surface area contributed by atoms with Crippen molar-refractivity contribution in [1.82, 2.24) is 10.2 Å². The molecule has 2 fully saturated rings. The Balaban J connectivity index is 2.01. The number of carbonyl (C=O) groups excluding carboxylic acids is 1. The highest BCUT2D eigenvalue weighted by atomic mass is 16.5. The number of hydrogen-bond donors (Lipinski definition) is 1. The summed E-state index contributed by atoms with van der Waals surface area (Å²) in [5.41, 5.74) is -0.0703. The predicted octanol–water partition coefficient (Wildman–Crippen LogP) is -0.793. The van der Waals surface area contributed by atoms with Crippen molar-refractivity contribution in [2.75, 3.05) is 32.8 Å². The molecule has 0 bridgehead atoms. The predicted molar refractivity (Wildman–Crippen MR) is 43.8 cm³/mol. The lowest BCUT2D eigenvalue weighted by Crippen LogP contribution is -2.52. The Morgan fingerprint density at radius 2 is 2.50 bits per heavy atom. The standard InChI is InChI=1S/C8H14N2O2/c11-7-10-3-4-12-8(6-10)1-2-9-5-8/h7,9H,1-6H2. The lowest BCUT2D eigenvalue weighted by molar-refractivity contribution is -0.135. The fraction of sp³-hybridized carbons (Fsp3) is 0.875. The molecule has 0 radical (unpaired) electrons. The van der Waals surface area contributed by atoms with Gasteiger partial charge in [0.2, 0.25) is 6.41 Å². The quantitative estimate of drug-likeness (QED) is 0.524. The van der Waals surface area contributed by atoms with Crippen molar-refractivity contribution < 1.29 is 9.53 Å². The van der Waals surface area contributed by atoms with Crippen LogP contribution in [0.3, 0.4) is 0 Å². The van der Waals surface area contributed by atoms with E-state index >= 15 is 0 Å². The monoisotopic (exact) mass is 170 g/mol. The van der Waals surface area contributed by atoms with Gasteiger partial charge in [-0.3, -0.25) is 4.79 Å². The summed E-state index contributed by atoms with van der Waals surface area (Å²) >= 11 is 0. The van der Waals surface area contributed by atoms with Gasteiger partial charge in [-0.1, -0.05) is 0 Å². The molecule has 4 nitrogen and oxygen atoms in total. The number of nitrogens with zero attached hydrogens (tertiary/aromatic N) is 1. The van der Waals surface area contributed by atoms with Crippen LogP contribution < -0.4 is 5.32 Å². The fourth-order valence-corrected chi connectivity index (χ4v) is 1.94. The number of hydrogen-bond acceptors (Lipinski definition) is 3. The first kappa shape index (κ1) is 8.01. The number of amides is 1. The highest BCUT2D eigenvalue weighted by molar-refractivity contribution is 5.47. The van der Waals surface area contributed by atoms with Crippen molar-refractivity contribution >= 4 is 6.41 Å². The molecule has 2 aliphatic rings. The summed E-state index contributed by atoms with van der Waals surface area (Å²) in [5.74, 6) is 0. The number of rotatable bonds is 1. The molecule has 1 unspecified atom stereocenters. The molecule has 12 heavy (non-hydrogen) atoms. The zero-order valence-electron chi connectivity index (χ0n) is 7.08. The Kier molecular flexibility index (Phi) is 2.02. The van der Waals surface area contributed by atoms with Crippen LogP contribution in [-0.4, -0.2) is 49.7 Å². The van der Waals surface area contributed by atoms with Crippen LogP contribution in [0.25, 0.3) is 0 Å². The summed E-state index contributed by atoms with van der Waals surface area (Å²) in [6.07, 6.45) is 1.94. The van der Waals surface area contributed by atoms with Gasteiger partial charge in [-0.25, -0.2) is 0 Å². The maximum atomic E-state index is 10.5. The molecule has 2 rings (SSSR count). The van der Waals surface area contributed by atoms with Crippen LogP contribution >= 0.6 is 0 Å². The molecule has 1 atom stereocenters. The van der Waals surface area contributed by atoms with Crippen molar-refractivity contribution in [1.29, 1.82) is 0 Å². The smallest absolute Gasteiger partial charge is 0.209 e. The Morgan fingerprint density at radius 3 is 3.17 bits per heavy atom. The Hall–Kier alpha value is -0.610. The van der Waals surface area contributed by atoms with Crippen LogP contribution in [0.4, 0.5) is 0 Å². The minimum Gasteiger partial charge on any atom is -0.370 e. The lowest BCUT2D eigenvalue weighted by Gasteiger charge is -2.38. The van der Waals surface area contributed by atoms with Gasteiger partial charge in [0.15, 0.2) is 0 Å². The maximum absolute atomic E-state index is 10.5. The topological polar surface area (TPSA) is 41.6 Å². The molecule has 1 N–H and O–H groups in total. The summed E-state index contributed by atoms with van der Waals surface area (Å²) in [4.78, 5) is 12.4. The number of morpholine rings is 1. The molecule has 0 saturated carbocycles. The van der Waals surface area contributed by atoms with Gasteiger partial charge in [-0.2, -0.15) is 0 Å². The lowest BCUT2D eigenvalue weighted by atomic mass is 10.0. The van der Waals surface area contributed by atoms with Gasteiger partial charge in [0.25, 0.3) is 0 Å². The number of nitrogens with one attached hydrogen (secondary N) is 1. The van der Waals surface area contributed by atoms with Crippen molar-refractivity contribution in [3.63, 3.8) is 0 Å². The van der Waals surface area contributed by atoms with E-state index in [-0.39, 0.29) is 5.60 Å². The van der Waals surface area contributed by atoms with E-state index in [1.54, 1.807) is 4.90 Å². The largest absolute Gasteiger partial charge is 0.370 e. The molecule has 2 heterocycles. The fourth-order valence-electron chi connectivity index (χ4n) is 1.94. The average molecular weight is 170 g/mol. The van der Waals surface area contributed by atoms with Crippen LogP contribution in [-0.2, 0) is 9.53 Å². The summed E-state index contributed by atoms with van der Waals surface area (Å²) in [5, 5.41) is 3.26. The van der Waals surface area contributed by atoms with E-state index in [9.17, 15) is 4.79 Å². The van der Waals surface area contributed by atoms with Crippen molar-refractivity contribution in [3.8, 4) is 0 Å². The van der Waals surface area contributed by atoms with Gasteiger partial charge in [-0.05, 0) is 13.0 Å². The minimum atomic E-state index is -0.0703. The Bertz CT molecular complexity index is 178. The second-order valence-corrected chi connectivity index (χ2v) is 3.53. The van der Waals surface area contributed by atoms with E-state index in [2.05, 4.69) is 5.32 Å². The number of carbonyl (C=O) groups is 1. The first-order valence-electron chi connectivity index (χ1n) is 4.39. The van der Waals surface area contributed by atoms with Gasteiger partial charge in [0, 0.05) is 13.1 Å². The van der Waals surface area contributed by atoms with Gasteiger partial charge < -0.3 is 15.0 Å². The van der Waals surface area contributed by atoms with Crippen LogP contribution in [0, 0.1) is 0 Å². The van der Waals surface area contributed by atoms with Crippen molar-refractivity contribution in [2.45, 2.75) is 12.0 Å². The summed E-state index contributed by atoms with van der Waals surface area (Å²) < 4.78 is 5.70. The van der Waals surface area contributed by atoms with Crippen LogP contribution in [0.1, 0.15) is 6.42 Å². The van der Waals surface area contributed by atoms with Gasteiger partial charge in [-0.15, -0.1) is 0 Å². The Morgan fingerprint density at radius 1 is 1.58 bits per heavy atom. The van der Waals surface area contributed by atoms with E-state index in [0.29, 0.717) is 6.61 Å². The summed E-state index contributed by atoms with van der Waals surface area (Å²) in [7, 11) is 0. The molecular weight excluding hydrogens is 156 g/mol. The van der Waals surface area contributed by atoms with Crippen LogP contribution in [0.5, 0.6) is 0 Å². The van der Waals surface area contributed by atoms with E-state index in [1.165, 1.54) is 0 Å². The van der Waals surface area contributed by atoms with Gasteiger partial charge >= 0.3 is 0 Å². The molecule has 0 aromatic heterocycles. The van der Waals surface area contributed by atoms with Crippen molar-refractivity contribution in [2.24, 2.45) is 0 Å². The molecule has 1 spiro atoms. The van der Waals surface area contributed by atoms with Crippen LogP contribution in [0.2, 0.25) is 0 Å². The molecule has 4 heteroatoms. The molecule has 2 aliphatic heterocycles. The third-order valence-corrected chi connectivity index (χ3v) is 2.63. The highest BCUT2D eigenvalue weighted by Gasteiger charge is 2.38. The van der Waals surface area contributed by atoms with Gasteiger partial charge in [0.05, 0.1) is 18.8 Å². The molecule has 0 aliphatic carbocycles. The average Bonchev–Trinajstić information content (AvgIpc) is 2.53. The van der Waals surface area contributed by atoms with E-state index in [1.807, 2.05) is 0 Å². The first-order chi connectivity index (χ1) is 5.85. The first-order valence-corrected chi connectivity index (χ1v) is 4.39. The maximum Gasteiger partial charge on any atom is 0.209 e. The third-order valence-electron chi connectivity index (χ3n) is 2.63. The molecule has 0 aromatic carbocycles. The molecule has 68 valence electrons. The molecule has 2 saturated heterocycles. The second-order valence-electron chi connectivity index (χ2n) is 3.53. The normalized spacial score (nSPS) is 35.8. The van der Waals surface area contributed by atoms with Crippen LogP contribution in [0.15, 0.2) is 0 Å². The second kappa shape index (κ2) is 3.03. The minimum absolute atomic E-state index is 0.0703. The van der Waals surface area contributed by atoms with Gasteiger partial charge in [0.1, 0.15) is 0 Å². The number of ether oxygens (including phenoxy) is 1. The summed E-state index contributed by atoms with van der Waals surface area (Å²) in [6, 6.07) is 0. The van der Waals surface area contributed by atoms with E-state index < -0.39 is 0 Å². The van der Waals surface area contributed by atoms with E-state index in [0.717, 1.165) is 39.0 Å². The molecule has 1 amide bonds. The zero-order chi connectivity index (χ0) is 8.44. The Labute approximate surface area is 71.9 Å². The van der Waals surface area contributed by atoms with E-state index in [4.69, 9.17) is 4.74 Å². The SMILES string of the molecule is O=CN1CCOC2(CCNC2)C1.